The molecule has 0 amide bonds. The Hall–Kier alpha value is -0.470. The van der Waals surface area contributed by atoms with Crippen LogP contribution in [0.3, 0.4) is 0 Å². The van der Waals surface area contributed by atoms with Gasteiger partial charge in [-0.2, -0.15) is 0 Å². The number of alkyl halides is 2. The van der Waals surface area contributed by atoms with Crippen LogP contribution in [0.5, 0.6) is 0 Å². The van der Waals surface area contributed by atoms with Gasteiger partial charge in [-0.3, -0.25) is 0 Å². The predicted octanol–water partition coefficient (Wildman–Crippen LogP) is 2.29. The van der Waals surface area contributed by atoms with E-state index in [1.165, 1.54) is 0 Å². The Balaban J connectivity index is 3.56. The van der Waals surface area contributed by atoms with Crippen LogP contribution in [0.4, 0.5) is 14.6 Å². The second-order valence-electron chi connectivity index (χ2n) is 2.49. The third-order valence-corrected chi connectivity index (χ3v) is 3.32. The summed E-state index contributed by atoms with van der Waals surface area (Å²) in [4.78, 5) is 3.30. The molecule has 1 rings (SSSR count). The number of nitrogen functional groups attached to an aromatic ring is 1. The minimum atomic E-state index is -4.34. The van der Waals surface area contributed by atoms with E-state index in [0.717, 1.165) is 6.07 Å². The van der Waals surface area contributed by atoms with Gasteiger partial charge in [0.2, 0.25) is 0 Å². The third kappa shape index (κ3) is 2.76. The van der Waals surface area contributed by atoms with E-state index in [4.69, 9.17) is 16.4 Å². The number of pyridine rings is 1. The summed E-state index contributed by atoms with van der Waals surface area (Å²) in [5, 5.41) is -0.917. The van der Waals surface area contributed by atoms with E-state index in [2.05, 4.69) is 20.9 Å². The largest absolute Gasteiger partial charge is 0.383 e. The first-order valence-electron chi connectivity index (χ1n) is 3.42. The average molecular weight is 322 g/mol. The minimum absolute atomic E-state index is 0.0851. The Morgan fingerprint density at radius 3 is 2.47 bits per heavy atom. The summed E-state index contributed by atoms with van der Waals surface area (Å²) < 4.78 is 46.8. The maximum absolute atomic E-state index is 12.4. The summed E-state index contributed by atoms with van der Waals surface area (Å²) in [6.07, 6.45) is -3.00. The molecule has 0 saturated carbocycles. The number of rotatable bonds is 2. The molecule has 0 atom stereocenters. The third-order valence-electron chi connectivity index (χ3n) is 1.46. The molecule has 0 aromatic carbocycles. The fraction of sp³-hybridized carbons (Fsp3) is 0.167. The molecule has 0 aliphatic heterocycles. The zero-order valence-electron chi connectivity index (χ0n) is 6.92. The molecular weight excluding hydrogens is 317 g/mol. The van der Waals surface area contributed by atoms with Gasteiger partial charge in [-0.15, -0.1) is 0 Å². The van der Waals surface area contributed by atoms with Crippen molar-refractivity contribution in [2.75, 3.05) is 5.73 Å². The van der Waals surface area contributed by atoms with Crippen LogP contribution in [0.15, 0.2) is 15.6 Å². The van der Waals surface area contributed by atoms with Gasteiger partial charge in [0.1, 0.15) is 5.82 Å². The van der Waals surface area contributed by atoms with Crippen LogP contribution in [-0.2, 0) is 9.05 Å². The quantitative estimate of drug-likeness (QED) is 0.848. The van der Waals surface area contributed by atoms with Crippen molar-refractivity contribution in [1.29, 1.82) is 0 Å². The second-order valence-corrected chi connectivity index (χ2v) is 5.82. The Bertz CT molecular complexity index is 494. The number of anilines is 1. The number of nitrogens with zero attached hydrogens (tertiary/aromatic N) is 1. The fourth-order valence-corrected chi connectivity index (χ4v) is 2.19. The van der Waals surface area contributed by atoms with E-state index in [9.17, 15) is 17.2 Å². The number of nitrogens with two attached hydrogens (primary N) is 1. The topological polar surface area (TPSA) is 73.0 Å². The van der Waals surface area contributed by atoms with E-state index >= 15 is 0 Å². The first-order chi connectivity index (χ1) is 6.73. The van der Waals surface area contributed by atoms with Crippen LogP contribution in [0.25, 0.3) is 0 Å². The lowest BCUT2D eigenvalue weighted by atomic mass is 10.3. The van der Waals surface area contributed by atoms with Gasteiger partial charge < -0.3 is 5.73 Å². The molecule has 2 N–H and O–H groups in total. The summed E-state index contributed by atoms with van der Waals surface area (Å²) >= 11 is 2.86. The van der Waals surface area contributed by atoms with Crippen molar-refractivity contribution in [1.82, 2.24) is 4.98 Å². The lowest BCUT2D eigenvalue weighted by molar-refractivity contribution is 0.147. The molecule has 0 unspecified atom stereocenters. The lowest BCUT2D eigenvalue weighted by Gasteiger charge is -2.07. The average Bonchev–Trinajstić information content (AvgIpc) is 2.06. The van der Waals surface area contributed by atoms with Crippen molar-refractivity contribution in [3.05, 3.63) is 16.1 Å². The first-order valence-corrected chi connectivity index (χ1v) is 6.52. The highest BCUT2D eigenvalue weighted by molar-refractivity contribution is 9.10. The van der Waals surface area contributed by atoms with Crippen molar-refractivity contribution in [2.24, 2.45) is 0 Å². The van der Waals surface area contributed by atoms with Crippen LogP contribution < -0.4 is 5.73 Å². The molecule has 1 aromatic heterocycles. The summed E-state index contributed by atoms with van der Waals surface area (Å²) in [5.41, 5.74) is 4.47. The van der Waals surface area contributed by atoms with Gasteiger partial charge in [-0.05, 0) is 22.0 Å². The van der Waals surface area contributed by atoms with Gasteiger partial charge in [0.15, 0.2) is 5.03 Å². The van der Waals surface area contributed by atoms with Crippen molar-refractivity contribution < 1.29 is 17.2 Å². The molecule has 0 radical (unpaired) electrons. The minimum Gasteiger partial charge on any atom is -0.383 e. The van der Waals surface area contributed by atoms with E-state index < -0.39 is 26.1 Å². The molecule has 1 aromatic rings. The molecule has 0 aliphatic carbocycles. The fourth-order valence-electron chi connectivity index (χ4n) is 0.851. The van der Waals surface area contributed by atoms with Crippen molar-refractivity contribution >= 4 is 41.5 Å². The normalized spacial score (nSPS) is 12.1. The highest BCUT2D eigenvalue weighted by Crippen LogP contribution is 2.31. The zero-order chi connectivity index (χ0) is 11.8. The van der Waals surface area contributed by atoms with Crippen LogP contribution >= 0.6 is 26.6 Å². The van der Waals surface area contributed by atoms with E-state index in [1.807, 2.05) is 0 Å². The first kappa shape index (κ1) is 12.6. The van der Waals surface area contributed by atoms with Crippen molar-refractivity contribution in [3.63, 3.8) is 0 Å². The van der Waals surface area contributed by atoms with E-state index in [1.54, 1.807) is 0 Å². The second kappa shape index (κ2) is 4.18. The van der Waals surface area contributed by atoms with Gasteiger partial charge in [0.05, 0.1) is 10.0 Å². The van der Waals surface area contributed by atoms with Crippen LogP contribution in [-0.4, -0.2) is 13.4 Å². The number of hydrogen-bond acceptors (Lipinski definition) is 4. The molecule has 0 saturated heterocycles. The van der Waals surface area contributed by atoms with Crippen molar-refractivity contribution in [2.45, 2.75) is 11.5 Å². The molecule has 9 heteroatoms. The molecular formula is C6H4BrClF2N2O2S. The van der Waals surface area contributed by atoms with E-state index in [0.29, 0.717) is 0 Å². The van der Waals surface area contributed by atoms with Gasteiger partial charge in [0.25, 0.3) is 15.5 Å². The number of halogens is 4. The molecule has 15 heavy (non-hydrogen) atoms. The highest BCUT2D eigenvalue weighted by atomic mass is 79.9. The standard InChI is InChI=1S/C6H4BrClF2N2O2S/c7-3-1-2(4(9)10)6(12-5(3)11)15(8,13)14/h1,4H,(H2,11,12). The van der Waals surface area contributed by atoms with Crippen molar-refractivity contribution in [3.8, 4) is 0 Å². The summed E-state index contributed by atoms with van der Waals surface area (Å²) in [6, 6.07) is 0.877. The van der Waals surface area contributed by atoms with Crippen LogP contribution in [0.1, 0.15) is 12.0 Å². The smallest absolute Gasteiger partial charge is 0.279 e. The molecule has 0 aliphatic rings. The van der Waals surface area contributed by atoms with Gasteiger partial charge in [-0.1, -0.05) is 0 Å². The maximum Gasteiger partial charge on any atom is 0.279 e. The Morgan fingerprint density at radius 1 is 1.53 bits per heavy atom. The summed E-state index contributed by atoms with van der Waals surface area (Å²) in [7, 11) is 0.600. The maximum atomic E-state index is 12.4. The zero-order valence-corrected chi connectivity index (χ0v) is 10.1. The Labute approximate surface area is 97.0 Å². The monoisotopic (exact) mass is 320 g/mol. The van der Waals surface area contributed by atoms with Gasteiger partial charge in [0, 0.05) is 10.7 Å². The molecule has 0 fully saturated rings. The number of aromatic nitrogens is 1. The van der Waals surface area contributed by atoms with Gasteiger partial charge in [-0.25, -0.2) is 22.2 Å². The summed E-state index contributed by atoms with van der Waals surface area (Å²) in [5.74, 6) is -0.223. The Kier molecular flexibility index (Phi) is 3.51. The lowest BCUT2D eigenvalue weighted by Crippen LogP contribution is -2.05. The molecule has 84 valence electrons. The SMILES string of the molecule is Nc1nc(S(=O)(=O)Cl)c(C(F)F)cc1Br. The molecule has 0 spiro atoms. The predicted molar refractivity (Wildman–Crippen MR) is 54.3 cm³/mol. The molecule has 0 bridgehead atoms. The number of hydrogen-bond donors (Lipinski definition) is 1. The van der Waals surface area contributed by atoms with E-state index in [-0.39, 0.29) is 10.3 Å². The van der Waals surface area contributed by atoms with Crippen LogP contribution in [0.2, 0.25) is 0 Å². The van der Waals surface area contributed by atoms with Gasteiger partial charge >= 0.3 is 0 Å². The Morgan fingerprint density at radius 2 is 2.07 bits per heavy atom. The molecule has 1 heterocycles. The molecule has 4 nitrogen and oxygen atoms in total. The highest BCUT2D eigenvalue weighted by Gasteiger charge is 2.25. The van der Waals surface area contributed by atoms with Crippen LogP contribution in [0, 0.1) is 0 Å². The summed E-state index contributed by atoms with van der Waals surface area (Å²) in [6.45, 7) is 0.